The second kappa shape index (κ2) is 3.73. The van der Waals surface area contributed by atoms with Crippen LogP contribution in [0.5, 0.6) is 0 Å². The van der Waals surface area contributed by atoms with Gasteiger partial charge in [-0.3, -0.25) is 4.84 Å². The van der Waals surface area contributed by atoms with Crippen molar-refractivity contribution in [3.05, 3.63) is 5.69 Å². The smallest absolute Gasteiger partial charge is 0.174 e. The SMILES string of the molecule is CC(C)c1nn(C)c(N2CCCO2)c1N. The lowest BCUT2D eigenvalue weighted by Gasteiger charge is -2.16. The number of anilines is 2. The maximum atomic E-state index is 6.08. The summed E-state index contributed by atoms with van der Waals surface area (Å²) >= 11 is 0. The van der Waals surface area contributed by atoms with E-state index < -0.39 is 0 Å². The number of nitrogens with zero attached hydrogens (tertiary/aromatic N) is 3. The maximum absolute atomic E-state index is 6.08. The van der Waals surface area contributed by atoms with E-state index in [0.29, 0.717) is 5.92 Å². The molecular formula is C10H18N4O. The zero-order chi connectivity index (χ0) is 11.0. The number of hydrogen-bond donors (Lipinski definition) is 1. The van der Waals surface area contributed by atoms with Crippen LogP contribution in [-0.2, 0) is 11.9 Å². The maximum Gasteiger partial charge on any atom is 0.174 e. The first-order valence-corrected chi connectivity index (χ1v) is 5.34. The molecule has 1 aromatic rings. The molecule has 1 saturated heterocycles. The fraction of sp³-hybridized carbons (Fsp3) is 0.700. The minimum atomic E-state index is 0.340. The summed E-state index contributed by atoms with van der Waals surface area (Å²) in [5.41, 5.74) is 7.77. The lowest BCUT2D eigenvalue weighted by Crippen LogP contribution is -2.20. The number of nitrogen functional groups attached to an aromatic ring is 1. The first-order chi connectivity index (χ1) is 7.11. The van der Waals surface area contributed by atoms with Gasteiger partial charge in [0.1, 0.15) is 5.69 Å². The Labute approximate surface area is 89.8 Å². The fourth-order valence-electron chi connectivity index (χ4n) is 1.89. The monoisotopic (exact) mass is 210 g/mol. The van der Waals surface area contributed by atoms with Crippen LogP contribution >= 0.6 is 0 Å². The van der Waals surface area contributed by atoms with Gasteiger partial charge in [0.2, 0.25) is 0 Å². The molecule has 1 aromatic heterocycles. The van der Waals surface area contributed by atoms with Gasteiger partial charge in [0.25, 0.3) is 0 Å². The number of rotatable bonds is 2. The molecule has 0 aliphatic carbocycles. The fourth-order valence-corrected chi connectivity index (χ4v) is 1.89. The molecule has 15 heavy (non-hydrogen) atoms. The number of aryl methyl sites for hydroxylation is 1. The molecule has 5 nitrogen and oxygen atoms in total. The predicted octanol–water partition coefficient (Wildman–Crippen LogP) is 1.27. The summed E-state index contributed by atoms with van der Waals surface area (Å²) in [5, 5.41) is 6.27. The molecule has 0 spiro atoms. The van der Waals surface area contributed by atoms with E-state index in [9.17, 15) is 0 Å². The van der Waals surface area contributed by atoms with Gasteiger partial charge in [-0.25, -0.2) is 9.75 Å². The van der Waals surface area contributed by atoms with E-state index in [1.165, 1.54) is 0 Å². The summed E-state index contributed by atoms with van der Waals surface area (Å²) in [4.78, 5) is 5.49. The van der Waals surface area contributed by atoms with Gasteiger partial charge in [0, 0.05) is 13.6 Å². The van der Waals surface area contributed by atoms with Gasteiger partial charge in [-0.2, -0.15) is 5.10 Å². The van der Waals surface area contributed by atoms with E-state index in [4.69, 9.17) is 10.6 Å². The van der Waals surface area contributed by atoms with Crippen LogP contribution in [0.2, 0.25) is 0 Å². The molecule has 1 fully saturated rings. The van der Waals surface area contributed by atoms with Crippen LogP contribution < -0.4 is 10.8 Å². The van der Waals surface area contributed by atoms with E-state index in [-0.39, 0.29) is 0 Å². The summed E-state index contributed by atoms with van der Waals surface area (Å²) in [5.74, 6) is 1.23. The Morgan fingerprint density at radius 1 is 1.47 bits per heavy atom. The Morgan fingerprint density at radius 2 is 2.20 bits per heavy atom. The van der Waals surface area contributed by atoms with Gasteiger partial charge in [0.15, 0.2) is 5.82 Å². The van der Waals surface area contributed by atoms with Crippen molar-refractivity contribution in [2.45, 2.75) is 26.2 Å². The second-order valence-electron chi connectivity index (χ2n) is 4.19. The van der Waals surface area contributed by atoms with Gasteiger partial charge in [-0.05, 0) is 12.3 Å². The molecule has 0 radical (unpaired) electrons. The Hall–Kier alpha value is -1.23. The van der Waals surface area contributed by atoms with Crippen LogP contribution in [0.25, 0.3) is 0 Å². The van der Waals surface area contributed by atoms with Crippen molar-refractivity contribution in [2.75, 3.05) is 23.9 Å². The van der Waals surface area contributed by atoms with Crippen molar-refractivity contribution in [3.63, 3.8) is 0 Å². The van der Waals surface area contributed by atoms with Crippen LogP contribution in [0.4, 0.5) is 11.5 Å². The van der Waals surface area contributed by atoms with E-state index in [2.05, 4.69) is 18.9 Å². The second-order valence-corrected chi connectivity index (χ2v) is 4.19. The molecule has 2 N–H and O–H groups in total. The quantitative estimate of drug-likeness (QED) is 0.798. The average Bonchev–Trinajstić information content (AvgIpc) is 2.73. The van der Waals surface area contributed by atoms with Crippen molar-refractivity contribution in [3.8, 4) is 0 Å². The van der Waals surface area contributed by atoms with Crippen molar-refractivity contribution >= 4 is 11.5 Å². The molecule has 2 rings (SSSR count). The highest BCUT2D eigenvalue weighted by atomic mass is 16.7. The summed E-state index contributed by atoms with van der Waals surface area (Å²) in [6, 6.07) is 0. The van der Waals surface area contributed by atoms with Gasteiger partial charge in [0.05, 0.1) is 12.3 Å². The highest BCUT2D eigenvalue weighted by molar-refractivity contribution is 5.66. The van der Waals surface area contributed by atoms with Crippen molar-refractivity contribution in [1.82, 2.24) is 9.78 Å². The zero-order valence-electron chi connectivity index (χ0n) is 9.53. The van der Waals surface area contributed by atoms with Gasteiger partial charge < -0.3 is 5.73 Å². The standard InChI is InChI=1S/C10H18N4O/c1-7(2)9-8(11)10(13(3)12-9)14-5-4-6-15-14/h7H,4-6,11H2,1-3H3. The average molecular weight is 210 g/mol. The predicted molar refractivity (Wildman–Crippen MR) is 59.6 cm³/mol. The molecule has 84 valence electrons. The van der Waals surface area contributed by atoms with Crippen molar-refractivity contribution in [2.24, 2.45) is 7.05 Å². The van der Waals surface area contributed by atoms with Crippen LogP contribution in [0, 0.1) is 0 Å². The molecule has 0 atom stereocenters. The lowest BCUT2D eigenvalue weighted by molar-refractivity contribution is 0.164. The molecule has 0 bridgehead atoms. The third kappa shape index (κ3) is 1.67. The minimum absolute atomic E-state index is 0.340. The molecule has 0 saturated carbocycles. The Morgan fingerprint density at radius 3 is 2.67 bits per heavy atom. The lowest BCUT2D eigenvalue weighted by atomic mass is 10.1. The third-order valence-corrected chi connectivity index (χ3v) is 2.62. The van der Waals surface area contributed by atoms with Crippen molar-refractivity contribution in [1.29, 1.82) is 0 Å². The number of aromatic nitrogens is 2. The molecule has 0 unspecified atom stereocenters. The number of hydrogen-bond acceptors (Lipinski definition) is 4. The normalized spacial score (nSPS) is 16.7. The molecule has 1 aliphatic rings. The van der Waals surface area contributed by atoms with Crippen LogP contribution in [0.15, 0.2) is 0 Å². The first-order valence-electron chi connectivity index (χ1n) is 5.34. The summed E-state index contributed by atoms with van der Waals surface area (Å²) < 4.78 is 1.80. The highest BCUT2D eigenvalue weighted by Crippen LogP contribution is 2.31. The zero-order valence-corrected chi connectivity index (χ0v) is 9.53. The van der Waals surface area contributed by atoms with Crippen LogP contribution in [-0.4, -0.2) is 22.9 Å². The molecule has 1 aliphatic heterocycles. The topological polar surface area (TPSA) is 56.3 Å². The number of hydroxylamine groups is 1. The van der Waals surface area contributed by atoms with E-state index >= 15 is 0 Å². The van der Waals surface area contributed by atoms with Crippen LogP contribution in [0.1, 0.15) is 31.9 Å². The third-order valence-electron chi connectivity index (χ3n) is 2.62. The summed E-state index contributed by atoms with van der Waals surface area (Å²) in [7, 11) is 1.90. The molecule has 0 aromatic carbocycles. The van der Waals surface area contributed by atoms with Gasteiger partial charge in [-0.1, -0.05) is 13.8 Å². The Bertz CT molecular complexity index is 353. The Kier molecular flexibility index (Phi) is 2.56. The number of nitrogens with two attached hydrogens (primary N) is 1. The van der Waals surface area contributed by atoms with Gasteiger partial charge in [-0.15, -0.1) is 0 Å². The summed E-state index contributed by atoms with van der Waals surface area (Å²) in [6.45, 7) is 5.84. The van der Waals surface area contributed by atoms with E-state index in [1.54, 1.807) is 4.68 Å². The van der Waals surface area contributed by atoms with Crippen molar-refractivity contribution < 1.29 is 4.84 Å². The first kappa shape index (κ1) is 10.3. The Balaban J connectivity index is 2.37. The molecular weight excluding hydrogens is 192 g/mol. The summed E-state index contributed by atoms with van der Waals surface area (Å²) in [6.07, 6.45) is 1.04. The highest BCUT2D eigenvalue weighted by Gasteiger charge is 2.23. The van der Waals surface area contributed by atoms with Gasteiger partial charge >= 0.3 is 0 Å². The largest absolute Gasteiger partial charge is 0.394 e. The van der Waals surface area contributed by atoms with E-state index in [1.807, 2.05) is 12.1 Å². The van der Waals surface area contributed by atoms with E-state index in [0.717, 1.165) is 36.8 Å². The minimum Gasteiger partial charge on any atom is -0.394 e. The molecule has 0 amide bonds. The molecule has 2 heterocycles. The molecule has 5 heteroatoms. The van der Waals surface area contributed by atoms with Crippen LogP contribution in [0.3, 0.4) is 0 Å².